The average molecular weight is 439 g/mol. The summed E-state index contributed by atoms with van der Waals surface area (Å²) >= 11 is 0. The number of non-ortho nitro benzene ring substituents is 1. The van der Waals surface area contributed by atoms with Crippen LogP contribution in [0.15, 0.2) is 42.5 Å². The van der Waals surface area contributed by atoms with Crippen molar-refractivity contribution >= 4 is 23.5 Å². The van der Waals surface area contributed by atoms with Gasteiger partial charge in [0, 0.05) is 17.8 Å². The molecule has 0 radical (unpaired) electrons. The highest BCUT2D eigenvalue weighted by Crippen LogP contribution is 2.39. The molecule has 0 aromatic heterocycles. The summed E-state index contributed by atoms with van der Waals surface area (Å²) in [5.74, 6) is 1.29. The number of ether oxygens (including phenoxy) is 3. The minimum absolute atomic E-state index is 0.00675. The van der Waals surface area contributed by atoms with Crippen LogP contribution in [0.4, 0.5) is 16.2 Å². The molecule has 1 aliphatic heterocycles. The Balaban J connectivity index is 1.64. The lowest BCUT2D eigenvalue weighted by molar-refractivity contribution is -0.384. The van der Waals surface area contributed by atoms with Crippen molar-refractivity contribution in [1.82, 2.24) is 5.32 Å². The Morgan fingerprint density at radius 3 is 2.41 bits per heavy atom. The van der Waals surface area contributed by atoms with Crippen LogP contribution >= 0.6 is 0 Å². The fourth-order valence-electron chi connectivity index (χ4n) is 3.65. The van der Waals surface area contributed by atoms with Gasteiger partial charge in [-0.3, -0.25) is 10.1 Å². The smallest absolute Gasteiger partial charge is 0.408 e. The van der Waals surface area contributed by atoms with Gasteiger partial charge in [-0.15, -0.1) is 0 Å². The molecule has 2 N–H and O–H groups in total. The Morgan fingerprint density at radius 1 is 1.12 bits per heavy atom. The largest absolute Gasteiger partial charge is 0.486 e. The van der Waals surface area contributed by atoms with Crippen LogP contribution in [-0.4, -0.2) is 35.9 Å². The summed E-state index contributed by atoms with van der Waals surface area (Å²) in [6.45, 7) is 6.34. The van der Waals surface area contributed by atoms with Crippen LogP contribution < -0.4 is 20.1 Å². The van der Waals surface area contributed by atoms with Crippen LogP contribution in [0.5, 0.6) is 11.5 Å². The van der Waals surface area contributed by atoms with Gasteiger partial charge in [-0.25, -0.2) is 4.79 Å². The molecule has 0 saturated carbocycles. The summed E-state index contributed by atoms with van der Waals surface area (Å²) < 4.78 is 16.9. The topological polar surface area (TPSA) is 112 Å². The monoisotopic (exact) mass is 439 g/mol. The Morgan fingerprint density at radius 2 is 1.78 bits per heavy atom. The highest BCUT2D eigenvalue weighted by atomic mass is 16.6. The van der Waals surface area contributed by atoms with Crippen LogP contribution in [0, 0.1) is 10.1 Å². The number of anilines is 1. The van der Waals surface area contributed by atoms with E-state index >= 15 is 0 Å². The maximum absolute atomic E-state index is 12.6. The van der Waals surface area contributed by atoms with Gasteiger partial charge in [-0.05, 0) is 56.2 Å². The first-order valence-corrected chi connectivity index (χ1v) is 10.3. The Bertz CT molecular complexity index is 1060. The summed E-state index contributed by atoms with van der Waals surface area (Å²) in [4.78, 5) is 23.1. The van der Waals surface area contributed by atoms with Crippen molar-refractivity contribution < 1.29 is 23.9 Å². The van der Waals surface area contributed by atoms with Gasteiger partial charge in [0.2, 0.25) is 0 Å². The number of nitrogens with zero attached hydrogens (tertiary/aromatic N) is 1. The van der Waals surface area contributed by atoms with Crippen LogP contribution in [0.3, 0.4) is 0 Å². The standard InChI is InChI=1S/C23H25N3O6/c1-23(2,3)32-22(27)25-21-17-13-20-19(30-10-11-31-20)12-14(17)4-9-18(21)24-15-5-7-16(8-6-15)26(28)29/h4-9,12-13,18,21,24H,10-11H2,1-3H3,(H,25,27)/t18-,21-/m0/s1. The number of fused-ring (bicyclic) bond motifs is 2. The fourth-order valence-corrected chi connectivity index (χ4v) is 3.65. The molecular formula is C23H25N3O6. The molecule has 9 nitrogen and oxygen atoms in total. The summed E-state index contributed by atoms with van der Waals surface area (Å²) in [6.07, 6.45) is 3.33. The molecule has 0 bridgehead atoms. The van der Waals surface area contributed by atoms with Crippen molar-refractivity contribution in [2.45, 2.75) is 38.5 Å². The molecule has 1 amide bonds. The minimum Gasteiger partial charge on any atom is -0.486 e. The molecule has 2 aliphatic rings. The quantitative estimate of drug-likeness (QED) is 0.535. The summed E-state index contributed by atoms with van der Waals surface area (Å²) in [5, 5.41) is 17.2. The van der Waals surface area contributed by atoms with Gasteiger partial charge in [-0.2, -0.15) is 0 Å². The lowest BCUT2D eigenvalue weighted by Crippen LogP contribution is -2.43. The van der Waals surface area contributed by atoms with Gasteiger partial charge in [0.15, 0.2) is 11.5 Å². The van der Waals surface area contributed by atoms with E-state index in [0.29, 0.717) is 30.4 Å². The number of carbonyl (C=O) groups is 1. The van der Waals surface area contributed by atoms with E-state index in [4.69, 9.17) is 14.2 Å². The van der Waals surface area contributed by atoms with Crippen molar-refractivity contribution in [3.63, 3.8) is 0 Å². The normalized spacial score (nSPS) is 19.0. The van der Waals surface area contributed by atoms with Crippen molar-refractivity contribution in [3.05, 3.63) is 63.7 Å². The Labute approximate surface area is 185 Å². The number of benzene rings is 2. The molecule has 32 heavy (non-hydrogen) atoms. The molecular weight excluding hydrogens is 414 g/mol. The number of nitrogens with one attached hydrogen (secondary N) is 2. The summed E-state index contributed by atoms with van der Waals surface area (Å²) in [6, 6.07) is 9.09. The lowest BCUT2D eigenvalue weighted by Gasteiger charge is -2.33. The van der Waals surface area contributed by atoms with Crippen LogP contribution in [0.2, 0.25) is 0 Å². The van der Waals surface area contributed by atoms with E-state index in [2.05, 4.69) is 10.6 Å². The Hall–Kier alpha value is -3.75. The predicted molar refractivity (Wildman–Crippen MR) is 119 cm³/mol. The first-order valence-electron chi connectivity index (χ1n) is 10.3. The zero-order chi connectivity index (χ0) is 22.9. The van der Waals surface area contributed by atoms with E-state index < -0.39 is 22.7 Å². The number of hydrogen-bond donors (Lipinski definition) is 2. The Kier molecular flexibility index (Phi) is 5.65. The number of rotatable bonds is 4. The molecule has 2 aromatic rings. The third-order valence-electron chi connectivity index (χ3n) is 5.01. The molecule has 9 heteroatoms. The second-order valence-electron chi connectivity index (χ2n) is 8.58. The average Bonchev–Trinajstić information content (AvgIpc) is 2.73. The lowest BCUT2D eigenvalue weighted by atomic mass is 9.88. The molecule has 0 spiro atoms. The van der Waals surface area contributed by atoms with Gasteiger partial charge in [0.25, 0.3) is 5.69 Å². The van der Waals surface area contributed by atoms with Gasteiger partial charge >= 0.3 is 6.09 Å². The highest BCUT2D eigenvalue weighted by Gasteiger charge is 2.31. The fraction of sp³-hybridized carbons (Fsp3) is 0.348. The molecule has 4 rings (SSSR count). The SMILES string of the molecule is CC(C)(C)OC(=O)N[C@H]1c2cc3c(cc2C=C[C@@H]1Nc1ccc([N+](=O)[O-])cc1)OCCO3. The van der Waals surface area contributed by atoms with E-state index in [1.807, 2.05) is 24.3 Å². The molecule has 1 heterocycles. The second-order valence-corrected chi connectivity index (χ2v) is 8.58. The molecule has 2 atom stereocenters. The highest BCUT2D eigenvalue weighted by molar-refractivity contribution is 5.72. The molecule has 2 aromatic carbocycles. The van der Waals surface area contributed by atoms with Gasteiger partial charge in [-0.1, -0.05) is 12.2 Å². The van der Waals surface area contributed by atoms with E-state index in [0.717, 1.165) is 11.1 Å². The van der Waals surface area contributed by atoms with Crippen molar-refractivity contribution in [2.24, 2.45) is 0 Å². The van der Waals surface area contributed by atoms with Crippen molar-refractivity contribution in [1.29, 1.82) is 0 Å². The predicted octanol–water partition coefficient (Wildman–Crippen LogP) is 4.44. The van der Waals surface area contributed by atoms with Crippen LogP contribution in [-0.2, 0) is 4.74 Å². The van der Waals surface area contributed by atoms with Crippen molar-refractivity contribution in [2.75, 3.05) is 18.5 Å². The number of hydrogen-bond acceptors (Lipinski definition) is 7. The van der Waals surface area contributed by atoms with E-state index in [-0.39, 0.29) is 11.7 Å². The zero-order valence-corrected chi connectivity index (χ0v) is 18.1. The third kappa shape index (κ3) is 4.77. The number of nitro benzene ring substituents is 1. The van der Waals surface area contributed by atoms with Crippen molar-refractivity contribution in [3.8, 4) is 11.5 Å². The minimum atomic E-state index is -0.647. The first kappa shape index (κ1) is 21.5. The van der Waals surface area contributed by atoms with E-state index in [9.17, 15) is 14.9 Å². The molecule has 0 fully saturated rings. The second kappa shape index (κ2) is 8.41. The van der Waals surface area contributed by atoms with E-state index in [1.165, 1.54) is 12.1 Å². The molecule has 1 aliphatic carbocycles. The number of amides is 1. The number of carbonyl (C=O) groups excluding carboxylic acids is 1. The summed E-state index contributed by atoms with van der Waals surface area (Å²) in [5.41, 5.74) is 1.79. The molecule has 168 valence electrons. The summed E-state index contributed by atoms with van der Waals surface area (Å²) in [7, 11) is 0. The van der Waals surface area contributed by atoms with Gasteiger partial charge in [0.05, 0.1) is 17.0 Å². The van der Waals surface area contributed by atoms with Gasteiger partial charge in [0.1, 0.15) is 18.8 Å². The number of nitro groups is 1. The molecule has 0 saturated heterocycles. The van der Waals surface area contributed by atoms with Gasteiger partial charge < -0.3 is 24.8 Å². The zero-order valence-electron chi connectivity index (χ0n) is 18.1. The maximum Gasteiger partial charge on any atom is 0.408 e. The molecule has 0 unspecified atom stereocenters. The van der Waals surface area contributed by atoms with Crippen LogP contribution in [0.1, 0.15) is 37.9 Å². The van der Waals surface area contributed by atoms with E-state index in [1.54, 1.807) is 32.9 Å². The maximum atomic E-state index is 12.6. The van der Waals surface area contributed by atoms with Crippen LogP contribution in [0.25, 0.3) is 6.08 Å². The number of alkyl carbamates (subject to hydrolysis) is 1. The third-order valence-corrected chi connectivity index (χ3v) is 5.01. The first-order chi connectivity index (χ1) is 15.2.